The van der Waals surface area contributed by atoms with E-state index in [4.69, 9.17) is 4.52 Å². The van der Waals surface area contributed by atoms with Gasteiger partial charge in [-0.15, -0.1) is 11.3 Å². The smallest absolute Gasteiger partial charge is 0.228 e. The second-order valence-corrected chi connectivity index (χ2v) is 5.22. The standard InChI is InChI=1S/C14H14N4OS/c1-15-11(10-5-3-2-4-6-10)7-13-17-14(18-19-13)12-8-16-9-20-12/h2-6,8-9,11,15H,7H2,1H3. The van der Waals surface area contributed by atoms with Crippen molar-refractivity contribution in [1.29, 1.82) is 0 Å². The van der Waals surface area contributed by atoms with Crippen LogP contribution >= 0.6 is 11.3 Å². The lowest BCUT2D eigenvalue weighted by atomic mass is 10.0. The molecule has 20 heavy (non-hydrogen) atoms. The number of hydrogen-bond donors (Lipinski definition) is 1. The van der Waals surface area contributed by atoms with Crippen molar-refractivity contribution in [2.45, 2.75) is 12.5 Å². The summed E-state index contributed by atoms with van der Waals surface area (Å²) >= 11 is 1.50. The first-order valence-corrected chi connectivity index (χ1v) is 7.18. The van der Waals surface area contributed by atoms with Crippen molar-refractivity contribution in [3.05, 3.63) is 53.5 Å². The maximum Gasteiger partial charge on any atom is 0.228 e. The van der Waals surface area contributed by atoms with E-state index in [-0.39, 0.29) is 6.04 Å². The SMILES string of the molecule is CNC(Cc1nc(-c2cncs2)no1)c1ccccc1. The first-order chi connectivity index (χ1) is 9.86. The fourth-order valence-corrected chi connectivity index (χ4v) is 2.56. The fourth-order valence-electron chi connectivity index (χ4n) is 2.01. The van der Waals surface area contributed by atoms with Crippen LogP contribution in [-0.4, -0.2) is 22.2 Å². The number of hydrogen-bond acceptors (Lipinski definition) is 6. The minimum absolute atomic E-state index is 0.158. The molecule has 3 rings (SSSR count). The van der Waals surface area contributed by atoms with Gasteiger partial charge in [0, 0.05) is 18.7 Å². The van der Waals surface area contributed by atoms with Crippen LogP contribution < -0.4 is 5.32 Å². The molecular weight excluding hydrogens is 272 g/mol. The van der Waals surface area contributed by atoms with E-state index in [2.05, 4.69) is 32.6 Å². The highest BCUT2D eigenvalue weighted by atomic mass is 32.1. The molecule has 2 aromatic heterocycles. The molecule has 6 heteroatoms. The molecule has 0 aliphatic heterocycles. The Morgan fingerprint density at radius 3 is 2.85 bits per heavy atom. The Hall–Kier alpha value is -2.05. The highest BCUT2D eigenvalue weighted by Gasteiger charge is 2.16. The van der Waals surface area contributed by atoms with Gasteiger partial charge in [-0.2, -0.15) is 4.98 Å². The van der Waals surface area contributed by atoms with Crippen LogP contribution in [0.2, 0.25) is 0 Å². The Balaban J connectivity index is 1.77. The van der Waals surface area contributed by atoms with Crippen molar-refractivity contribution in [3.8, 4) is 10.7 Å². The average molecular weight is 286 g/mol. The molecule has 0 spiro atoms. The second kappa shape index (κ2) is 5.94. The number of benzene rings is 1. The summed E-state index contributed by atoms with van der Waals surface area (Å²) in [4.78, 5) is 9.35. The lowest BCUT2D eigenvalue weighted by Gasteiger charge is -2.13. The van der Waals surface area contributed by atoms with Gasteiger partial charge in [-0.3, -0.25) is 4.98 Å². The number of thiazole rings is 1. The number of rotatable bonds is 5. The molecule has 0 aliphatic carbocycles. The summed E-state index contributed by atoms with van der Waals surface area (Å²) in [7, 11) is 1.93. The normalized spacial score (nSPS) is 12.4. The Morgan fingerprint density at radius 2 is 2.15 bits per heavy atom. The van der Waals surface area contributed by atoms with Crippen molar-refractivity contribution in [2.75, 3.05) is 7.05 Å². The molecule has 0 bridgehead atoms. The number of nitrogens with one attached hydrogen (secondary N) is 1. The van der Waals surface area contributed by atoms with E-state index in [0.29, 0.717) is 18.1 Å². The highest BCUT2D eigenvalue weighted by Crippen LogP contribution is 2.22. The van der Waals surface area contributed by atoms with Gasteiger partial charge in [-0.25, -0.2) is 0 Å². The van der Waals surface area contributed by atoms with E-state index in [9.17, 15) is 0 Å². The monoisotopic (exact) mass is 286 g/mol. The molecule has 0 saturated heterocycles. The van der Waals surface area contributed by atoms with E-state index in [1.807, 2.05) is 25.2 Å². The third-order valence-electron chi connectivity index (χ3n) is 3.05. The number of nitrogens with zero attached hydrogens (tertiary/aromatic N) is 3. The van der Waals surface area contributed by atoms with E-state index in [1.54, 1.807) is 11.7 Å². The van der Waals surface area contributed by atoms with Gasteiger partial charge in [0.15, 0.2) is 0 Å². The Labute approximate surface area is 120 Å². The van der Waals surface area contributed by atoms with E-state index < -0.39 is 0 Å². The molecule has 2 heterocycles. The topological polar surface area (TPSA) is 63.8 Å². The van der Waals surface area contributed by atoms with Crippen LogP contribution in [0.4, 0.5) is 0 Å². The number of likely N-dealkylation sites (N-methyl/N-ethyl adjacent to an activating group) is 1. The molecule has 0 fully saturated rings. The maximum absolute atomic E-state index is 5.32. The van der Waals surface area contributed by atoms with Gasteiger partial charge < -0.3 is 9.84 Å². The summed E-state index contributed by atoms with van der Waals surface area (Å²) in [5, 5.41) is 7.27. The van der Waals surface area contributed by atoms with Gasteiger partial charge in [0.1, 0.15) is 0 Å². The summed E-state index contributed by atoms with van der Waals surface area (Å²) in [6.07, 6.45) is 2.40. The van der Waals surface area contributed by atoms with Crippen LogP contribution in [0.3, 0.4) is 0 Å². The fraction of sp³-hybridized carbons (Fsp3) is 0.214. The summed E-state index contributed by atoms with van der Waals surface area (Å²) in [6, 6.07) is 10.4. The van der Waals surface area contributed by atoms with Crippen molar-refractivity contribution in [1.82, 2.24) is 20.4 Å². The van der Waals surface area contributed by atoms with E-state index in [1.165, 1.54) is 16.9 Å². The molecule has 0 saturated carbocycles. The zero-order valence-corrected chi connectivity index (χ0v) is 11.8. The van der Waals surface area contributed by atoms with Crippen LogP contribution in [0.5, 0.6) is 0 Å². The minimum atomic E-state index is 0.158. The molecule has 0 aliphatic rings. The van der Waals surface area contributed by atoms with Gasteiger partial charge in [0.25, 0.3) is 0 Å². The third kappa shape index (κ3) is 2.76. The van der Waals surface area contributed by atoms with Gasteiger partial charge in [0.05, 0.1) is 10.4 Å². The molecule has 0 amide bonds. The zero-order valence-electron chi connectivity index (χ0n) is 11.0. The van der Waals surface area contributed by atoms with Crippen molar-refractivity contribution >= 4 is 11.3 Å². The predicted octanol–water partition coefficient (Wildman–Crippen LogP) is 2.70. The van der Waals surface area contributed by atoms with Crippen LogP contribution in [0.1, 0.15) is 17.5 Å². The average Bonchev–Trinajstić information content (AvgIpc) is 3.16. The summed E-state index contributed by atoms with van der Waals surface area (Å²) in [6.45, 7) is 0. The Bertz CT molecular complexity index is 651. The van der Waals surface area contributed by atoms with Crippen molar-refractivity contribution < 1.29 is 4.52 Å². The van der Waals surface area contributed by atoms with E-state index >= 15 is 0 Å². The van der Waals surface area contributed by atoms with Crippen LogP contribution in [-0.2, 0) is 6.42 Å². The highest BCUT2D eigenvalue weighted by molar-refractivity contribution is 7.13. The summed E-state index contributed by atoms with van der Waals surface area (Å²) < 4.78 is 5.32. The Kier molecular flexibility index (Phi) is 3.85. The minimum Gasteiger partial charge on any atom is -0.339 e. The molecule has 5 nitrogen and oxygen atoms in total. The summed E-state index contributed by atoms with van der Waals surface area (Å²) in [5.41, 5.74) is 2.96. The van der Waals surface area contributed by atoms with Crippen molar-refractivity contribution in [3.63, 3.8) is 0 Å². The largest absolute Gasteiger partial charge is 0.339 e. The molecule has 3 aromatic rings. The van der Waals surface area contributed by atoms with Crippen LogP contribution in [0.15, 0.2) is 46.6 Å². The molecule has 1 N–H and O–H groups in total. The van der Waals surface area contributed by atoms with Gasteiger partial charge in [-0.1, -0.05) is 35.5 Å². The number of aromatic nitrogens is 3. The molecule has 1 unspecified atom stereocenters. The second-order valence-electron chi connectivity index (χ2n) is 4.33. The quantitative estimate of drug-likeness (QED) is 0.781. The zero-order chi connectivity index (χ0) is 13.8. The molecule has 1 atom stereocenters. The van der Waals surface area contributed by atoms with Crippen molar-refractivity contribution in [2.24, 2.45) is 0 Å². The predicted molar refractivity (Wildman–Crippen MR) is 77.4 cm³/mol. The maximum atomic E-state index is 5.32. The molecule has 1 aromatic carbocycles. The van der Waals surface area contributed by atoms with Gasteiger partial charge >= 0.3 is 0 Å². The lowest BCUT2D eigenvalue weighted by Crippen LogP contribution is -2.18. The Morgan fingerprint density at radius 1 is 1.30 bits per heavy atom. The van der Waals surface area contributed by atoms with Gasteiger partial charge in [0.2, 0.25) is 11.7 Å². The lowest BCUT2D eigenvalue weighted by molar-refractivity contribution is 0.363. The molecule has 0 radical (unpaired) electrons. The first-order valence-electron chi connectivity index (χ1n) is 6.30. The van der Waals surface area contributed by atoms with E-state index in [0.717, 1.165) is 4.88 Å². The molecule has 102 valence electrons. The molecular formula is C14H14N4OS. The summed E-state index contributed by atoms with van der Waals surface area (Å²) in [5.74, 6) is 1.22. The third-order valence-corrected chi connectivity index (χ3v) is 3.82. The first kappa shape index (κ1) is 13.0. The van der Waals surface area contributed by atoms with Crippen LogP contribution in [0.25, 0.3) is 10.7 Å². The van der Waals surface area contributed by atoms with Crippen LogP contribution in [0, 0.1) is 0 Å². The van der Waals surface area contributed by atoms with Gasteiger partial charge in [-0.05, 0) is 12.6 Å².